The van der Waals surface area contributed by atoms with Crippen LogP contribution in [0.2, 0.25) is 0 Å². The molecule has 0 amide bonds. The maximum atomic E-state index is 13.1. The van der Waals surface area contributed by atoms with Crippen LogP contribution in [0.15, 0.2) is 54.9 Å². The zero-order valence-corrected chi connectivity index (χ0v) is 21.4. The molecule has 0 radical (unpaired) electrons. The molecule has 0 unspecified atom stereocenters. The van der Waals surface area contributed by atoms with Crippen molar-refractivity contribution in [2.45, 2.75) is 37.9 Å². The van der Waals surface area contributed by atoms with Gasteiger partial charge in [-0.1, -0.05) is 6.07 Å². The van der Waals surface area contributed by atoms with E-state index in [1.54, 1.807) is 18.3 Å². The molecule has 4 aromatic rings. The van der Waals surface area contributed by atoms with Gasteiger partial charge in [0.2, 0.25) is 0 Å². The molecular weight excluding hydrogens is 515 g/mol. The predicted molar refractivity (Wildman–Crippen MR) is 138 cm³/mol. The highest BCUT2D eigenvalue weighted by molar-refractivity contribution is 7.15. The predicted octanol–water partition coefficient (Wildman–Crippen LogP) is 6.00. The first-order valence-electron chi connectivity index (χ1n) is 11.8. The Balaban J connectivity index is 1.45. The molecule has 1 aliphatic carbocycles. The lowest BCUT2D eigenvalue weighted by atomic mass is 9.77. The topological polar surface area (TPSA) is 103 Å². The van der Waals surface area contributed by atoms with E-state index in [0.29, 0.717) is 23.5 Å². The number of rotatable bonds is 5. The van der Waals surface area contributed by atoms with Gasteiger partial charge >= 0.3 is 12.1 Å². The lowest BCUT2D eigenvalue weighted by Gasteiger charge is -2.34. The molecule has 3 N–H and O–H groups in total. The van der Waals surface area contributed by atoms with Gasteiger partial charge in [0.25, 0.3) is 0 Å². The van der Waals surface area contributed by atoms with Crippen molar-refractivity contribution in [2.75, 3.05) is 12.4 Å². The second-order valence-electron chi connectivity index (χ2n) is 9.19. The summed E-state index contributed by atoms with van der Waals surface area (Å²) in [6.07, 6.45) is 0.674. The standard InChI is InChI=1S/C27H24F3N5O2S/c1-15-10-20(34-23(11-15)35-22-13-18(7-9-32-22)27(28,29)30)21-14-33-25(38-21)26(31)8-3-4-16-12-17(24(36)37-2)5-6-19(16)26/h5-7,9-14H,3-4,8,31H2,1-2H3,(H,32,34,35)/t26-/m0/s1. The van der Waals surface area contributed by atoms with E-state index in [-0.39, 0.29) is 5.82 Å². The normalized spacial score (nSPS) is 17.1. The number of carbonyl (C=O) groups excluding carboxylic acids is 1. The molecule has 1 atom stereocenters. The number of halogens is 3. The van der Waals surface area contributed by atoms with E-state index in [9.17, 15) is 18.0 Å². The van der Waals surface area contributed by atoms with Crippen LogP contribution in [-0.2, 0) is 22.9 Å². The fourth-order valence-electron chi connectivity index (χ4n) is 4.66. The quantitative estimate of drug-likeness (QED) is 0.300. The van der Waals surface area contributed by atoms with Crippen molar-refractivity contribution < 1.29 is 22.7 Å². The third-order valence-electron chi connectivity index (χ3n) is 6.48. The van der Waals surface area contributed by atoms with Gasteiger partial charge in [0.1, 0.15) is 16.6 Å². The van der Waals surface area contributed by atoms with Crippen LogP contribution in [0.4, 0.5) is 24.8 Å². The van der Waals surface area contributed by atoms with Crippen LogP contribution in [0.1, 0.15) is 50.5 Å². The summed E-state index contributed by atoms with van der Waals surface area (Å²) in [5.74, 6) is 0.00954. The number of fused-ring (bicyclic) bond motifs is 1. The molecule has 7 nitrogen and oxygen atoms in total. The number of benzene rings is 1. The number of methoxy groups -OCH3 is 1. The van der Waals surface area contributed by atoms with E-state index in [1.807, 2.05) is 25.1 Å². The minimum absolute atomic E-state index is 0.0416. The van der Waals surface area contributed by atoms with Crippen LogP contribution in [0.3, 0.4) is 0 Å². The van der Waals surface area contributed by atoms with E-state index in [2.05, 4.69) is 20.3 Å². The molecule has 0 aliphatic heterocycles. The van der Waals surface area contributed by atoms with E-state index >= 15 is 0 Å². The first-order chi connectivity index (χ1) is 18.1. The zero-order chi connectivity index (χ0) is 27.1. The number of ether oxygens (including phenoxy) is 1. The van der Waals surface area contributed by atoms with Gasteiger partial charge in [0, 0.05) is 12.4 Å². The number of nitrogens with two attached hydrogens (primary N) is 1. The Morgan fingerprint density at radius 1 is 1.13 bits per heavy atom. The van der Waals surface area contributed by atoms with E-state index in [4.69, 9.17) is 10.5 Å². The Kier molecular flexibility index (Phi) is 6.66. The van der Waals surface area contributed by atoms with Crippen molar-refractivity contribution in [3.8, 4) is 10.6 Å². The molecule has 3 aromatic heterocycles. The minimum atomic E-state index is -4.47. The Morgan fingerprint density at radius 2 is 1.95 bits per heavy atom. The van der Waals surface area contributed by atoms with Gasteiger partial charge in [0.15, 0.2) is 0 Å². The maximum absolute atomic E-state index is 13.1. The Hall–Kier alpha value is -3.83. The summed E-state index contributed by atoms with van der Waals surface area (Å²) in [6, 6.07) is 10.9. The summed E-state index contributed by atoms with van der Waals surface area (Å²) < 4.78 is 44.1. The molecule has 0 saturated heterocycles. The highest BCUT2D eigenvalue weighted by Crippen LogP contribution is 2.42. The SMILES string of the molecule is COC(=O)c1ccc2c(c1)CCC[C@@]2(N)c1ncc(-c2cc(C)cc(Nc3cc(C(F)(F)F)ccn3)n2)s1. The van der Waals surface area contributed by atoms with Gasteiger partial charge in [-0.3, -0.25) is 0 Å². The number of nitrogens with zero attached hydrogens (tertiary/aromatic N) is 3. The van der Waals surface area contributed by atoms with Gasteiger partial charge in [0.05, 0.1) is 34.3 Å². The van der Waals surface area contributed by atoms with Gasteiger partial charge in [-0.25, -0.2) is 19.7 Å². The van der Waals surface area contributed by atoms with Crippen LogP contribution in [0.25, 0.3) is 10.6 Å². The average Bonchev–Trinajstić information content (AvgIpc) is 3.39. The van der Waals surface area contributed by atoms with E-state index < -0.39 is 23.2 Å². The Labute approximate surface area is 220 Å². The summed E-state index contributed by atoms with van der Waals surface area (Å²) in [6.45, 7) is 1.87. The second-order valence-corrected chi connectivity index (χ2v) is 10.2. The number of pyridine rings is 2. The number of thiazole rings is 1. The fraction of sp³-hybridized carbons (Fsp3) is 0.259. The summed E-state index contributed by atoms with van der Waals surface area (Å²) >= 11 is 1.42. The van der Waals surface area contributed by atoms with Gasteiger partial charge in [-0.15, -0.1) is 11.3 Å². The zero-order valence-electron chi connectivity index (χ0n) is 20.6. The van der Waals surface area contributed by atoms with Crippen molar-refractivity contribution in [1.29, 1.82) is 0 Å². The van der Waals surface area contributed by atoms with E-state index in [0.717, 1.165) is 57.7 Å². The third-order valence-corrected chi connectivity index (χ3v) is 7.67. The summed E-state index contributed by atoms with van der Waals surface area (Å²) in [7, 11) is 1.35. The number of alkyl halides is 3. The van der Waals surface area contributed by atoms with Crippen LogP contribution in [0.5, 0.6) is 0 Å². The van der Waals surface area contributed by atoms with E-state index in [1.165, 1.54) is 18.4 Å². The molecule has 1 aromatic carbocycles. The highest BCUT2D eigenvalue weighted by atomic mass is 32.1. The van der Waals surface area contributed by atoms with Crippen molar-refractivity contribution >= 4 is 28.9 Å². The lowest BCUT2D eigenvalue weighted by molar-refractivity contribution is -0.137. The first-order valence-corrected chi connectivity index (χ1v) is 12.6. The van der Waals surface area contributed by atoms with Crippen LogP contribution >= 0.6 is 11.3 Å². The largest absolute Gasteiger partial charge is 0.465 e. The molecule has 0 saturated carbocycles. The third kappa shape index (κ3) is 4.99. The molecule has 196 valence electrons. The Bertz CT molecular complexity index is 1520. The number of aromatic nitrogens is 3. The number of hydrogen-bond acceptors (Lipinski definition) is 8. The summed E-state index contributed by atoms with van der Waals surface area (Å²) in [4.78, 5) is 26.0. The molecule has 0 fully saturated rings. The fourth-order valence-corrected chi connectivity index (χ4v) is 5.68. The second kappa shape index (κ2) is 9.80. The van der Waals surface area contributed by atoms with Crippen molar-refractivity contribution in [2.24, 2.45) is 5.73 Å². The molecule has 0 spiro atoms. The average molecular weight is 540 g/mol. The van der Waals surface area contributed by atoms with Crippen LogP contribution in [-0.4, -0.2) is 28.0 Å². The van der Waals surface area contributed by atoms with Crippen molar-refractivity contribution in [3.05, 3.63) is 87.7 Å². The number of anilines is 2. The van der Waals surface area contributed by atoms with Gasteiger partial charge in [-0.05, 0) is 79.3 Å². The van der Waals surface area contributed by atoms with Gasteiger partial charge in [-0.2, -0.15) is 13.2 Å². The number of aryl methyl sites for hydroxylation is 2. The Morgan fingerprint density at radius 3 is 2.71 bits per heavy atom. The molecule has 38 heavy (non-hydrogen) atoms. The van der Waals surface area contributed by atoms with Crippen LogP contribution < -0.4 is 11.1 Å². The summed E-state index contributed by atoms with van der Waals surface area (Å²) in [5.41, 5.74) is 9.21. The van der Waals surface area contributed by atoms with Crippen LogP contribution in [0, 0.1) is 6.92 Å². The van der Waals surface area contributed by atoms with Crippen molar-refractivity contribution in [3.63, 3.8) is 0 Å². The molecular formula is C27H24F3N5O2S. The first kappa shape index (κ1) is 25.8. The summed E-state index contributed by atoms with van der Waals surface area (Å²) in [5, 5.41) is 3.60. The molecule has 11 heteroatoms. The molecule has 3 heterocycles. The van der Waals surface area contributed by atoms with Gasteiger partial charge < -0.3 is 15.8 Å². The number of hydrogen-bond donors (Lipinski definition) is 2. The highest BCUT2D eigenvalue weighted by Gasteiger charge is 2.37. The monoisotopic (exact) mass is 539 g/mol. The maximum Gasteiger partial charge on any atom is 0.416 e. The number of carbonyl (C=O) groups is 1. The molecule has 0 bridgehead atoms. The molecule has 5 rings (SSSR count). The number of esters is 1. The van der Waals surface area contributed by atoms with Crippen molar-refractivity contribution in [1.82, 2.24) is 15.0 Å². The smallest absolute Gasteiger partial charge is 0.416 e. The minimum Gasteiger partial charge on any atom is -0.465 e. The molecule has 1 aliphatic rings. The number of nitrogens with one attached hydrogen (secondary N) is 1. The lowest BCUT2D eigenvalue weighted by Crippen LogP contribution is -2.41.